The van der Waals surface area contributed by atoms with Crippen LogP contribution in [0, 0.1) is 0 Å². The molecule has 0 amide bonds. The highest BCUT2D eigenvalue weighted by Gasteiger charge is 2.22. The number of rotatable bonds is 4. The van der Waals surface area contributed by atoms with E-state index in [4.69, 9.17) is 4.74 Å². The molecule has 2 aromatic rings. The van der Waals surface area contributed by atoms with Gasteiger partial charge in [-0.05, 0) is 23.0 Å². The van der Waals surface area contributed by atoms with Crippen LogP contribution in [0.15, 0.2) is 17.0 Å². The van der Waals surface area contributed by atoms with Gasteiger partial charge in [0.15, 0.2) is 4.60 Å². The number of hydrogen-bond donors (Lipinski definition) is 1. The Morgan fingerprint density at radius 3 is 2.78 bits per heavy atom. The number of aromatic nitrogens is 5. The molecular formula is C10H13BrN6O. The van der Waals surface area contributed by atoms with Crippen LogP contribution in [0.4, 0.5) is 0 Å². The molecule has 0 aliphatic carbocycles. The van der Waals surface area contributed by atoms with Crippen molar-refractivity contribution in [2.75, 3.05) is 14.2 Å². The third-order valence-corrected chi connectivity index (χ3v) is 3.12. The lowest BCUT2D eigenvalue weighted by molar-refractivity contribution is 0.395. The minimum absolute atomic E-state index is 0.142. The minimum atomic E-state index is -0.142. The predicted octanol–water partition coefficient (Wildman–Crippen LogP) is 0.685. The Labute approximate surface area is 113 Å². The lowest BCUT2D eigenvalue weighted by Gasteiger charge is -2.16. The SMILES string of the molecule is CNC(c1cc(OC)ncn1)c1c(Br)nnn1C. The highest BCUT2D eigenvalue weighted by molar-refractivity contribution is 9.10. The Bertz CT molecular complexity index is 523. The molecule has 0 aliphatic heterocycles. The molecule has 7 nitrogen and oxygen atoms in total. The zero-order chi connectivity index (χ0) is 13.1. The summed E-state index contributed by atoms with van der Waals surface area (Å²) in [6.07, 6.45) is 1.47. The van der Waals surface area contributed by atoms with E-state index in [0.29, 0.717) is 10.5 Å². The summed E-state index contributed by atoms with van der Waals surface area (Å²) >= 11 is 3.38. The second kappa shape index (κ2) is 5.40. The molecule has 0 spiro atoms. The number of ether oxygens (including phenoxy) is 1. The van der Waals surface area contributed by atoms with Crippen molar-refractivity contribution in [3.05, 3.63) is 28.4 Å². The molecule has 0 bridgehead atoms. The second-order valence-corrected chi connectivity index (χ2v) is 4.35. The molecule has 0 aromatic carbocycles. The summed E-state index contributed by atoms with van der Waals surface area (Å²) in [5.74, 6) is 0.520. The number of aryl methyl sites for hydroxylation is 1. The first-order chi connectivity index (χ1) is 8.67. The van der Waals surface area contributed by atoms with Gasteiger partial charge in [0, 0.05) is 13.1 Å². The van der Waals surface area contributed by atoms with Gasteiger partial charge in [-0.15, -0.1) is 5.10 Å². The Kier molecular flexibility index (Phi) is 3.87. The maximum Gasteiger partial charge on any atom is 0.216 e. The fourth-order valence-corrected chi connectivity index (χ4v) is 2.25. The van der Waals surface area contributed by atoms with E-state index in [2.05, 4.69) is 41.5 Å². The van der Waals surface area contributed by atoms with Crippen molar-refractivity contribution in [3.63, 3.8) is 0 Å². The number of hydrogen-bond acceptors (Lipinski definition) is 6. The molecule has 0 saturated heterocycles. The third kappa shape index (κ3) is 2.34. The van der Waals surface area contributed by atoms with Crippen molar-refractivity contribution in [3.8, 4) is 5.88 Å². The van der Waals surface area contributed by atoms with Crippen LogP contribution in [-0.2, 0) is 7.05 Å². The maximum absolute atomic E-state index is 5.10. The summed E-state index contributed by atoms with van der Waals surface area (Å²) < 4.78 is 7.48. The van der Waals surface area contributed by atoms with Crippen LogP contribution in [-0.4, -0.2) is 39.1 Å². The van der Waals surface area contributed by atoms with E-state index in [1.54, 1.807) is 17.9 Å². The van der Waals surface area contributed by atoms with Crippen LogP contribution >= 0.6 is 15.9 Å². The Hall–Kier alpha value is -1.54. The van der Waals surface area contributed by atoms with E-state index in [1.807, 2.05) is 14.1 Å². The molecule has 0 fully saturated rings. The van der Waals surface area contributed by atoms with Gasteiger partial charge in [0.05, 0.1) is 24.5 Å². The Morgan fingerprint density at radius 2 is 2.22 bits per heavy atom. The van der Waals surface area contributed by atoms with Crippen molar-refractivity contribution in [1.82, 2.24) is 30.3 Å². The number of nitrogens with one attached hydrogen (secondary N) is 1. The van der Waals surface area contributed by atoms with E-state index < -0.39 is 0 Å². The molecule has 1 N–H and O–H groups in total. The van der Waals surface area contributed by atoms with E-state index in [-0.39, 0.29) is 6.04 Å². The molecule has 96 valence electrons. The van der Waals surface area contributed by atoms with Crippen LogP contribution < -0.4 is 10.1 Å². The van der Waals surface area contributed by atoms with Gasteiger partial charge in [0.1, 0.15) is 6.33 Å². The minimum Gasteiger partial charge on any atom is -0.481 e. The van der Waals surface area contributed by atoms with Crippen molar-refractivity contribution in [2.24, 2.45) is 7.05 Å². The first kappa shape index (κ1) is 12.9. The summed E-state index contributed by atoms with van der Waals surface area (Å²) in [5.41, 5.74) is 1.67. The second-order valence-electron chi connectivity index (χ2n) is 3.60. The van der Waals surface area contributed by atoms with Crippen LogP contribution in [0.3, 0.4) is 0 Å². The standard InChI is InChI=1S/C10H13BrN6O/c1-12-8(9-10(11)15-16-17(9)2)6-4-7(18-3)14-5-13-6/h4-5,8,12H,1-3H3. The van der Waals surface area contributed by atoms with Crippen molar-refractivity contribution in [2.45, 2.75) is 6.04 Å². The highest BCUT2D eigenvalue weighted by Crippen LogP contribution is 2.26. The van der Waals surface area contributed by atoms with Crippen molar-refractivity contribution < 1.29 is 4.74 Å². The smallest absolute Gasteiger partial charge is 0.216 e. The van der Waals surface area contributed by atoms with Crippen LogP contribution in [0.25, 0.3) is 0 Å². The first-order valence-corrected chi connectivity index (χ1v) is 6.05. The summed E-state index contributed by atoms with van der Waals surface area (Å²) in [5, 5.41) is 11.1. The normalized spacial score (nSPS) is 12.4. The van der Waals surface area contributed by atoms with Crippen LogP contribution in [0.5, 0.6) is 5.88 Å². The van der Waals surface area contributed by atoms with Gasteiger partial charge in [-0.3, -0.25) is 0 Å². The average Bonchev–Trinajstić information content (AvgIpc) is 2.72. The topological polar surface area (TPSA) is 77.8 Å². The van der Waals surface area contributed by atoms with Gasteiger partial charge in [-0.2, -0.15) is 0 Å². The van der Waals surface area contributed by atoms with Gasteiger partial charge < -0.3 is 10.1 Å². The molecule has 0 saturated carbocycles. The van der Waals surface area contributed by atoms with Crippen molar-refractivity contribution in [1.29, 1.82) is 0 Å². The van der Waals surface area contributed by atoms with Gasteiger partial charge in [0.25, 0.3) is 0 Å². The number of methoxy groups -OCH3 is 1. The molecule has 18 heavy (non-hydrogen) atoms. The fourth-order valence-electron chi connectivity index (χ4n) is 1.69. The molecule has 8 heteroatoms. The van der Waals surface area contributed by atoms with Gasteiger partial charge in [-0.1, -0.05) is 5.21 Å². The molecule has 1 unspecified atom stereocenters. The predicted molar refractivity (Wildman–Crippen MR) is 68.2 cm³/mol. The molecule has 1 atom stereocenters. The molecule has 2 rings (SSSR count). The monoisotopic (exact) mass is 312 g/mol. The molecular weight excluding hydrogens is 300 g/mol. The summed E-state index contributed by atoms with van der Waals surface area (Å²) in [6, 6.07) is 1.64. The summed E-state index contributed by atoms with van der Waals surface area (Å²) in [7, 11) is 5.25. The van der Waals surface area contributed by atoms with E-state index in [0.717, 1.165) is 11.4 Å². The maximum atomic E-state index is 5.10. The quantitative estimate of drug-likeness (QED) is 0.894. The first-order valence-electron chi connectivity index (χ1n) is 5.25. The van der Waals surface area contributed by atoms with Crippen molar-refractivity contribution >= 4 is 15.9 Å². The van der Waals surface area contributed by atoms with Gasteiger partial charge in [0.2, 0.25) is 5.88 Å². The Balaban J connectivity index is 2.45. The lowest BCUT2D eigenvalue weighted by atomic mass is 10.1. The average molecular weight is 313 g/mol. The largest absolute Gasteiger partial charge is 0.481 e. The lowest BCUT2D eigenvalue weighted by Crippen LogP contribution is -2.22. The van der Waals surface area contributed by atoms with Gasteiger partial charge in [-0.25, -0.2) is 14.6 Å². The summed E-state index contributed by atoms with van der Waals surface area (Å²) in [4.78, 5) is 8.24. The zero-order valence-electron chi connectivity index (χ0n) is 10.3. The molecule has 0 aliphatic rings. The van der Waals surface area contributed by atoms with Gasteiger partial charge >= 0.3 is 0 Å². The zero-order valence-corrected chi connectivity index (χ0v) is 11.8. The fraction of sp³-hybridized carbons (Fsp3) is 0.400. The highest BCUT2D eigenvalue weighted by atomic mass is 79.9. The van der Waals surface area contributed by atoms with E-state index >= 15 is 0 Å². The number of nitrogens with zero attached hydrogens (tertiary/aromatic N) is 5. The molecule has 2 aromatic heterocycles. The molecule has 2 heterocycles. The van der Waals surface area contributed by atoms with Crippen LogP contribution in [0.2, 0.25) is 0 Å². The van der Waals surface area contributed by atoms with E-state index in [1.165, 1.54) is 6.33 Å². The molecule has 0 radical (unpaired) electrons. The summed E-state index contributed by atoms with van der Waals surface area (Å²) in [6.45, 7) is 0. The van der Waals surface area contributed by atoms with Crippen LogP contribution in [0.1, 0.15) is 17.4 Å². The third-order valence-electron chi connectivity index (χ3n) is 2.56. The number of halogens is 1. The Morgan fingerprint density at radius 1 is 1.44 bits per heavy atom. The van der Waals surface area contributed by atoms with E-state index in [9.17, 15) is 0 Å².